The molecule has 0 saturated carbocycles. The molecule has 0 fully saturated rings. The lowest BCUT2D eigenvalue weighted by Crippen LogP contribution is -2.19. The van der Waals surface area contributed by atoms with Gasteiger partial charge in [0.05, 0.1) is 0 Å². The number of aryl methyl sites for hydroxylation is 1. The molecule has 0 aliphatic carbocycles. The van der Waals surface area contributed by atoms with Gasteiger partial charge in [0.15, 0.2) is 0 Å². The summed E-state index contributed by atoms with van der Waals surface area (Å²) in [5, 5.41) is 6.03. The Kier molecular flexibility index (Phi) is 2.69. The molecule has 86 valence electrons. The quantitative estimate of drug-likeness (QED) is 0.780. The number of benzene rings is 2. The molecule has 0 atom stereocenters. The van der Waals surface area contributed by atoms with Crippen molar-refractivity contribution in [3.63, 3.8) is 0 Å². The molecular weight excluding hydrogens is 206 g/mol. The lowest BCUT2D eigenvalue weighted by Gasteiger charge is -2.14. The Morgan fingerprint density at radius 1 is 1.00 bits per heavy atom. The number of hydrogen-bond donors (Lipinski definition) is 1. The van der Waals surface area contributed by atoms with Crippen molar-refractivity contribution in [2.24, 2.45) is 0 Å². The summed E-state index contributed by atoms with van der Waals surface area (Å²) < 4.78 is 0. The molecular formula is C16H17N. The van der Waals surface area contributed by atoms with Crippen molar-refractivity contribution in [1.29, 1.82) is 0 Å². The van der Waals surface area contributed by atoms with Gasteiger partial charge < -0.3 is 5.32 Å². The Labute approximate surface area is 102 Å². The molecule has 1 aliphatic rings. The maximum Gasteiger partial charge on any atom is 0.0140 e. The van der Waals surface area contributed by atoms with Crippen LogP contribution in [-0.2, 0) is 0 Å². The van der Waals surface area contributed by atoms with Gasteiger partial charge in [0.25, 0.3) is 0 Å². The van der Waals surface area contributed by atoms with E-state index in [9.17, 15) is 0 Å². The van der Waals surface area contributed by atoms with E-state index in [2.05, 4.69) is 54.7 Å². The normalized spacial score (nSPS) is 15.9. The molecule has 0 saturated heterocycles. The van der Waals surface area contributed by atoms with Gasteiger partial charge >= 0.3 is 0 Å². The third kappa shape index (κ3) is 2.11. The van der Waals surface area contributed by atoms with Gasteiger partial charge in [0, 0.05) is 6.54 Å². The van der Waals surface area contributed by atoms with Crippen LogP contribution in [0.2, 0.25) is 0 Å². The standard InChI is InChI=1S/C16H17N/c1-12-2-3-16-11-15(5-4-14(16)10-12)13-6-8-17-9-7-13/h2-6,10-11,17H,7-9H2,1H3. The van der Waals surface area contributed by atoms with Crippen LogP contribution < -0.4 is 5.32 Å². The van der Waals surface area contributed by atoms with Gasteiger partial charge in [0.2, 0.25) is 0 Å². The highest BCUT2D eigenvalue weighted by atomic mass is 14.8. The molecule has 0 spiro atoms. The van der Waals surface area contributed by atoms with Crippen LogP contribution in [0.4, 0.5) is 0 Å². The highest BCUT2D eigenvalue weighted by Gasteiger charge is 2.06. The zero-order valence-corrected chi connectivity index (χ0v) is 10.2. The van der Waals surface area contributed by atoms with Gasteiger partial charge in [-0.15, -0.1) is 0 Å². The van der Waals surface area contributed by atoms with E-state index in [-0.39, 0.29) is 0 Å². The molecule has 2 aromatic carbocycles. The van der Waals surface area contributed by atoms with E-state index < -0.39 is 0 Å². The van der Waals surface area contributed by atoms with Crippen molar-refractivity contribution >= 4 is 16.3 Å². The average Bonchev–Trinajstić information content (AvgIpc) is 2.39. The fourth-order valence-electron chi connectivity index (χ4n) is 2.45. The smallest absolute Gasteiger partial charge is 0.0140 e. The van der Waals surface area contributed by atoms with Crippen LogP contribution in [0.3, 0.4) is 0 Å². The van der Waals surface area contributed by atoms with Crippen LogP contribution in [0.5, 0.6) is 0 Å². The van der Waals surface area contributed by atoms with E-state index in [1.165, 1.54) is 27.5 Å². The van der Waals surface area contributed by atoms with Crippen molar-refractivity contribution in [3.8, 4) is 0 Å². The van der Waals surface area contributed by atoms with Crippen molar-refractivity contribution in [1.82, 2.24) is 5.32 Å². The first kappa shape index (κ1) is 10.5. The maximum atomic E-state index is 3.35. The highest BCUT2D eigenvalue weighted by molar-refractivity contribution is 5.87. The van der Waals surface area contributed by atoms with Crippen molar-refractivity contribution in [3.05, 3.63) is 53.6 Å². The van der Waals surface area contributed by atoms with Crippen LogP contribution in [0.15, 0.2) is 42.5 Å². The van der Waals surface area contributed by atoms with Crippen LogP contribution in [0.1, 0.15) is 17.5 Å². The van der Waals surface area contributed by atoms with E-state index in [1.54, 1.807) is 0 Å². The number of rotatable bonds is 1. The third-order valence-electron chi connectivity index (χ3n) is 3.43. The topological polar surface area (TPSA) is 12.0 Å². The lowest BCUT2D eigenvalue weighted by molar-refractivity contribution is 0.739. The molecule has 1 heteroatoms. The second-order valence-electron chi connectivity index (χ2n) is 4.75. The molecule has 0 unspecified atom stereocenters. The Bertz CT molecular complexity index is 581. The van der Waals surface area contributed by atoms with Crippen LogP contribution in [0, 0.1) is 6.92 Å². The summed E-state index contributed by atoms with van der Waals surface area (Å²) in [5.74, 6) is 0. The van der Waals surface area contributed by atoms with Crippen LogP contribution >= 0.6 is 0 Å². The Balaban J connectivity index is 2.07. The molecule has 1 heterocycles. The largest absolute Gasteiger partial charge is 0.313 e. The minimum atomic E-state index is 1.00. The lowest BCUT2D eigenvalue weighted by atomic mass is 9.97. The van der Waals surface area contributed by atoms with E-state index in [1.807, 2.05) is 0 Å². The van der Waals surface area contributed by atoms with Gasteiger partial charge in [0.1, 0.15) is 0 Å². The second kappa shape index (κ2) is 4.34. The van der Waals surface area contributed by atoms with Gasteiger partial charge in [-0.05, 0) is 47.9 Å². The van der Waals surface area contributed by atoms with Crippen molar-refractivity contribution in [2.45, 2.75) is 13.3 Å². The van der Waals surface area contributed by atoms with Gasteiger partial charge in [-0.2, -0.15) is 0 Å². The summed E-state index contributed by atoms with van der Waals surface area (Å²) in [6, 6.07) is 13.4. The fourth-order valence-corrected chi connectivity index (χ4v) is 2.45. The fraction of sp³-hybridized carbons (Fsp3) is 0.250. The number of hydrogen-bond acceptors (Lipinski definition) is 1. The predicted octanol–water partition coefficient (Wildman–Crippen LogP) is 3.52. The zero-order chi connectivity index (χ0) is 11.7. The van der Waals surface area contributed by atoms with Crippen LogP contribution in [-0.4, -0.2) is 13.1 Å². The minimum Gasteiger partial charge on any atom is -0.313 e. The maximum absolute atomic E-state index is 3.35. The zero-order valence-electron chi connectivity index (χ0n) is 10.2. The monoisotopic (exact) mass is 223 g/mol. The molecule has 0 bridgehead atoms. The van der Waals surface area contributed by atoms with Crippen LogP contribution in [0.25, 0.3) is 16.3 Å². The third-order valence-corrected chi connectivity index (χ3v) is 3.43. The molecule has 0 amide bonds. The van der Waals surface area contributed by atoms with E-state index in [0.29, 0.717) is 0 Å². The number of nitrogens with one attached hydrogen (secondary N) is 1. The Hall–Kier alpha value is -1.60. The second-order valence-corrected chi connectivity index (χ2v) is 4.75. The first-order chi connectivity index (χ1) is 8.33. The molecule has 1 nitrogen and oxygen atoms in total. The SMILES string of the molecule is Cc1ccc2cc(C3=CCNCC3)ccc2c1. The molecule has 17 heavy (non-hydrogen) atoms. The molecule has 2 aromatic rings. The summed E-state index contributed by atoms with van der Waals surface area (Å²) in [7, 11) is 0. The van der Waals surface area contributed by atoms with Crippen molar-refractivity contribution in [2.75, 3.05) is 13.1 Å². The molecule has 0 aromatic heterocycles. The molecule has 1 N–H and O–H groups in total. The first-order valence-electron chi connectivity index (χ1n) is 6.23. The Morgan fingerprint density at radius 3 is 2.65 bits per heavy atom. The van der Waals surface area contributed by atoms with Gasteiger partial charge in [-0.1, -0.05) is 42.0 Å². The van der Waals surface area contributed by atoms with E-state index >= 15 is 0 Å². The minimum absolute atomic E-state index is 1.00. The molecule has 0 radical (unpaired) electrons. The first-order valence-corrected chi connectivity index (χ1v) is 6.23. The molecule has 1 aliphatic heterocycles. The summed E-state index contributed by atoms with van der Waals surface area (Å²) >= 11 is 0. The highest BCUT2D eigenvalue weighted by Crippen LogP contribution is 2.24. The summed E-state index contributed by atoms with van der Waals surface area (Å²) in [5.41, 5.74) is 4.18. The summed E-state index contributed by atoms with van der Waals surface area (Å²) in [4.78, 5) is 0. The van der Waals surface area contributed by atoms with E-state index in [4.69, 9.17) is 0 Å². The predicted molar refractivity (Wildman–Crippen MR) is 74.1 cm³/mol. The van der Waals surface area contributed by atoms with Crippen molar-refractivity contribution < 1.29 is 0 Å². The number of fused-ring (bicyclic) bond motifs is 1. The summed E-state index contributed by atoms with van der Waals surface area (Å²) in [6.45, 7) is 4.24. The van der Waals surface area contributed by atoms with E-state index in [0.717, 1.165) is 19.5 Å². The van der Waals surface area contributed by atoms with Gasteiger partial charge in [-0.3, -0.25) is 0 Å². The Morgan fingerprint density at radius 2 is 1.82 bits per heavy atom. The molecule has 3 rings (SSSR count). The summed E-state index contributed by atoms with van der Waals surface area (Å²) in [6.07, 6.45) is 3.44. The average molecular weight is 223 g/mol. The van der Waals surface area contributed by atoms with Gasteiger partial charge in [-0.25, -0.2) is 0 Å².